The van der Waals surface area contributed by atoms with Crippen LogP contribution in [0.2, 0.25) is 15.1 Å². The molecule has 2 atom stereocenters. The van der Waals surface area contributed by atoms with Crippen molar-refractivity contribution in [2.24, 2.45) is 5.92 Å². The number of hydrogen-bond donors (Lipinski definition) is 1. The van der Waals surface area contributed by atoms with E-state index in [9.17, 15) is 13.5 Å². The number of aliphatic hydroxyl groups excluding tert-OH is 1. The van der Waals surface area contributed by atoms with Crippen LogP contribution in [0.4, 0.5) is 0 Å². The molecular weight excluding hydrogens is 379 g/mol. The molecule has 0 heterocycles. The Kier molecular flexibility index (Phi) is 5.98. The zero-order valence-electron chi connectivity index (χ0n) is 12.2. The van der Waals surface area contributed by atoms with Crippen molar-refractivity contribution in [1.82, 2.24) is 0 Å². The van der Waals surface area contributed by atoms with Crippen molar-refractivity contribution >= 4 is 44.6 Å². The van der Waals surface area contributed by atoms with Gasteiger partial charge >= 0.3 is 0 Å². The SMILES string of the molecule is CC(CO)C(c1cc(Cl)ccc1Cl)S(=O)(=O)c1ccc(Cl)cc1. The van der Waals surface area contributed by atoms with E-state index in [2.05, 4.69) is 0 Å². The van der Waals surface area contributed by atoms with Gasteiger partial charge in [0.1, 0.15) is 0 Å². The summed E-state index contributed by atoms with van der Waals surface area (Å²) in [6, 6.07) is 10.6. The quantitative estimate of drug-likeness (QED) is 0.794. The van der Waals surface area contributed by atoms with Crippen molar-refractivity contribution < 1.29 is 13.5 Å². The summed E-state index contributed by atoms with van der Waals surface area (Å²) in [5.41, 5.74) is 0.371. The van der Waals surface area contributed by atoms with Crippen LogP contribution in [0.3, 0.4) is 0 Å². The maximum Gasteiger partial charge on any atom is 0.185 e. The average Bonchev–Trinajstić information content (AvgIpc) is 2.51. The fraction of sp³-hybridized carbons (Fsp3) is 0.250. The molecule has 0 saturated carbocycles. The molecule has 0 saturated heterocycles. The lowest BCUT2D eigenvalue weighted by molar-refractivity contribution is 0.232. The smallest absolute Gasteiger partial charge is 0.185 e. The zero-order chi connectivity index (χ0) is 17.2. The highest BCUT2D eigenvalue weighted by atomic mass is 35.5. The van der Waals surface area contributed by atoms with Gasteiger partial charge in [-0.05, 0) is 48.0 Å². The Labute approximate surface area is 150 Å². The zero-order valence-corrected chi connectivity index (χ0v) is 15.3. The van der Waals surface area contributed by atoms with Crippen molar-refractivity contribution in [3.63, 3.8) is 0 Å². The first-order chi connectivity index (χ1) is 10.8. The molecule has 0 bridgehead atoms. The van der Waals surface area contributed by atoms with Gasteiger partial charge in [0.05, 0.1) is 10.1 Å². The lowest BCUT2D eigenvalue weighted by Gasteiger charge is -2.24. The van der Waals surface area contributed by atoms with Gasteiger partial charge in [0.2, 0.25) is 0 Å². The number of aliphatic hydroxyl groups is 1. The van der Waals surface area contributed by atoms with E-state index in [-0.39, 0.29) is 16.5 Å². The third kappa shape index (κ3) is 4.01. The molecule has 0 spiro atoms. The van der Waals surface area contributed by atoms with Gasteiger partial charge in [0.15, 0.2) is 9.84 Å². The first kappa shape index (κ1) is 18.6. The van der Waals surface area contributed by atoms with Gasteiger partial charge in [0, 0.05) is 27.6 Å². The minimum atomic E-state index is -3.78. The van der Waals surface area contributed by atoms with Gasteiger partial charge < -0.3 is 5.11 Å². The molecule has 2 aromatic carbocycles. The highest BCUT2D eigenvalue weighted by Gasteiger charge is 2.35. The van der Waals surface area contributed by atoms with Gasteiger partial charge in [0.25, 0.3) is 0 Å². The minimum Gasteiger partial charge on any atom is -0.396 e. The third-order valence-electron chi connectivity index (χ3n) is 3.55. The number of benzene rings is 2. The summed E-state index contributed by atoms with van der Waals surface area (Å²) in [7, 11) is -3.78. The lowest BCUT2D eigenvalue weighted by atomic mass is 10.0. The van der Waals surface area contributed by atoms with Crippen LogP contribution in [0.25, 0.3) is 0 Å². The molecule has 3 nitrogen and oxygen atoms in total. The Balaban J connectivity index is 2.63. The van der Waals surface area contributed by atoms with Crippen molar-refractivity contribution in [2.75, 3.05) is 6.61 Å². The van der Waals surface area contributed by atoms with Crippen LogP contribution >= 0.6 is 34.8 Å². The maximum absolute atomic E-state index is 13.1. The molecule has 7 heteroatoms. The summed E-state index contributed by atoms with van der Waals surface area (Å²) in [4.78, 5) is 0.114. The summed E-state index contributed by atoms with van der Waals surface area (Å²) in [6.45, 7) is 1.34. The Bertz CT molecular complexity index is 789. The number of rotatable bonds is 5. The molecule has 2 unspecified atom stereocenters. The van der Waals surface area contributed by atoms with Crippen molar-refractivity contribution in [1.29, 1.82) is 0 Å². The number of halogens is 3. The maximum atomic E-state index is 13.1. The molecule has 0 radical (unpaired) electrons. The first-order valence-electron chi connectivity index (χ1n) is 6.82. The molecule has 0 fully saturated rings. The summed E-state index contributed by atoms with van der Waals surface area (Å²) < 4.78 is 26.1. The normalized spacial score (nSPS) is 14.5. The van der Waals surface area contributed by atoms with Crippen LogP contribution in [-0.2, 0) is 9.84 Å². The van der Waals surface area contributed by atoms with E-state index in [0.717, 1.165) is 0 Å². The van der Waals surface area contributed by atoms with Crippen LogP contribution in [-0.4, -0.2) is 20.1 Å². The van der Waals surface area contributed by atoms with E-state index in [1.807, 2.05) is 0 Å². The molecule has 0 aliphatic heterocycles. The van der Waals surface area contributed by atoms with E-state index in [0.29, 0.717) is 15.6 Å². The minimum absolute atomic E-state index is 0.114. The highest BCUT2D eigenvalue weighted by Crippen LogP contribution is 2.39. The summed E-state index contributed by atoms with van der Waals surface area (Å²) in [5, 5.41) is 9.62. The Morgan fingerprint density at radius 1 is 1.00 bits per heavy atom. The van der Waals surface area contributed by atoms with E-state index >= 15 is 0 Å². The Hall–Kier alpha value is -0.780. The van der Waals surface area contributed by atoms with Gasteiger partial charge in [-0.1, -0.05) is 41.7 Å². The van der Waals surface area contributed by atoms with E-state index in [1.165, 1.54) is 30.3 Å². The summed E-state index contributed by atoms with van der Waals surface area (Å²) in [5.74, 6) is -0.563. The fourth-order valence-electron chi connectivity index (χ4n) is 2.38. The topological polar surface area (TPSA) is 54.4 Å². The largest absolute Gasteiger partial charge is 0.396 e. The lowest BCUT2D eigenvalue weighted by Crippen LogP contribution is -2.23. The summed E-state index contributed by atoms with van der Waals surface area (Å²) in [6.07, 6.45) is 0. The van der Waals surface area contributed by atoms with Crippen LogP contribution in [0.1, 0.15) is 17.7 Å². The number of sulfone groups is 1. The molecular formula is C16H15Cl3O3S. The van der Waals surface area contributed by atoms with Crippen molar-refractivity contribution in [2.45, 2.75) is 17.1 Å². The predicted octanol–water partition coefficient (Wildman–Crippen LogP) is 4.79. The fourth-order valence-corrected chi connectivity index (χ4v) is 5.02. The van der Waals surface area contributed by atoms with E-state index in [1.54, 1.807) is 19.1 Å². The average molecular weight is 394 g/mol. The standard InChI is InChI=1S/C16H15Cl3O3S/c1-10(9-20)16(14-8-12(18)4-7-15(14)19)23(21,22)13-5-2-11(17)3-6-13/h2-8,10,16,20H,9H2,1H3. The third-order valence-corrected chi connectivity index (χ3v) is 6.69. The van der Waals surface area contributed by atoms with Gasteiger partial charge in [-0.15, -0.1) is 0 Å². The van der Waals surface area contributed by atoms with Gasteiger partial charge in [-0.2, -0.15) is 0 Å². The molecule has 23 heavy (non-hydrogen) atoms. The molecule has 124 valence electrons. The Morgan fingerprint density at radius 3 is 2.13 bits per heavy atom. The van der Waals surface area contributed by atoms with E-state index in [4.69, 9.17) is 34.8 Å². The van der Waals surface area contributed by atoms with Crippen molar-refractivity contribution in [3.8, 4) is 0 Å². The molecule has 2 rings (SSSR count). The van der Waals surface area contributed by atoms with Crippen LogP contribution in [0.5, 0.6) is 0 Å². The van der Waals surface area contributed by atoms with Crippen LogP contribution in [0.15, 0.2) is 47.4 Å². The first-order valence-corrected chi connectivity index (χ1v) is 9.50. The Morgan fingerprint density at radius 2 is 1.57 bits per heavy atom. The predicted molar refractivity (Wildman–Crippen MR) is 94.1 cm³/mol. The number of hydrogen-bond acceptors (Lipinski definition) is 3. The molecule has 2 aromatic rings. The highest BCUT2D eigenvalue weighted by molar-refractivity contribution is 7.91. The molecule has 1 N–H and O–H groups in total. The van der Waals surface area contributed by atoms with E-state index < -0.39 is 21.0 Å². The molecule has 0 amide bonds. The van der Waals surface area contributed by atoms with Gasteiger partial charge in [-0.25, -0.2) is 8.42 Å². The second-order valence-corrected chi connectivity index (χ2v) is 8.59. The molecule has 0 aromatic heterocycles. The second-order valence-electron chi connectivity index (χ2n) is 5.25. The molecule has 0 aliphatic carbocycles. The second kappa shape index (κ2) is 7.41. The van der Waals surface area contributed by atoms with Crippen molar-refractivity contribution in [3.05, 3.63) is 63.1 Å². The van der Waals surface area contributed by atoms with Crippen LogP contribution in [0, 0.1) is 5.92 Å². The monoisotopic (exact) mass is 392 g/mol. The summed E-state index contributed by atoms with van der Waals surface area (Å²) >= 11 is 18.0. The van der Waals surface area contributed by atoms with Crippen LogP contribution < -0.4 is 0 Å². The molecule has 0 aliphatic rings. The van der Waals surface area contributed by atoms with Gasteiger partial charge in [-0.3, -0.25) is 0 Å².